The van der Waals surface area contributed by atoms with Crippen LogP contribution in [0, 0.1) is 11.2 Å². The summed E-state index contributed by atoms with van der Waals surface area (Å²) in [6.07, 6.45) is 1.96. The molecule has 0 saturated heterocycles. The van der Waals surface area contributed by atoms with Crippen molar-refractivity contribution >= 4 is 23.4 Å². The highest BCUT2D eigenvalue weighted by atomic mass is 19.1. The zero-order valence-corrected chi connectivity index (χ0v) is 12.5. The van der Waals surface area contributed by atoms with Crippen molar-refractivity contribution < 1.29 is 23.8 Å². The summed E-state index contributed by atoms with van der Waals surface area (Å²) in [5.41, 5.74) is 3.99. The predicted octanol–water partition coefficient (Wildman–Crippen LogP) is 2.40. The maximum atomic E-state index is 14.1. The van der Waals surface area contributed by atoms with Crippen LogP contribution in [-0.4, -0.2) is 22.0 Å². The van der Waals surface area contributed by atoms with Gasteiger partial charge in [-0.05, 0) is 31.0 Å². The number of carboxylic acids is 1. The maximum absolute atomic E-state index is 14.1. The molecule has 4 N–H and O–H groups in total. The Morgan fingerprint density at radius 2 is 1.96 bits per heavy atom. The van der Waals surface area contributed by atoms with E-state index in [0.717, 1.165) is 6.07 Å². The third kappa shape index (κ3) is 2.98. The van der Waals surface area contributed by atoms with Crippen LogP contribution >= 0.6 is 0 Å². The van der Waals surface area contributed by atoms with E-state index in [1.807, 2.05) is 0 Å². The number of nitrogens with one attached hydrogen (secondary N) is 1. The van der Waals surface area contributed by atoms with Gasteiger partial charge in [0.2, 0.25) is 5.91 Å². The second-order valence-corrected chi connectivity index (χ2v) is 5.50. The molecule has 0 aliphatic heterocycles. The van der Waals surface area contributed by atoms with Crippen LogP contribution in [0.15, 0.2) is 36.5 Å². The highest BCUT2D eigenvalue weighted by molar-refractivity contribution is 6.10. The number of hydrogen-bond donors (Lipinski definition) is 3. The molecule has 124 valence electrons. The summed E-state index contributed by atoms with van der Waals surface area (Å²) in [5.74, 6) is -1.79. The number of pyridine rings is 1. The number of anilines is 2. The summed E-state index contributed by atoms with van der Waals surface area (Å²) in [7, 11) is 0. The van der Waals surface area contributed by atoms with Crippen molar-refractivity contribution in [2.45, 2.75) is 12.8 Å². The van der Waals surface area contributed by atoms with Gasteiger partial charge >= 0.3 is 5.97 Å². The number of benzene rings is 1. The van der Waals surface area contributed by atoms with Crippen LogP contribution < -0.4 is 15.8 Å². The van der Waals surface area contributed by atoms with Gasteiger partial charge in [0.25, 0.3) is 0 Å². The summed E-state index contributed by atoms with van der Waals surface area (Å²) in [6, 6.07) is 6.90. The molecule has 0 spiro atoms. The first-order valence-electron chi connectivity index (χ1n) is 7.14. The molecule has 24 heavy (non-hydrogen) atoms. The largest absolute Gasteiger partial charge is 0.480 e. The highest BCUT2D eigenvalue weighted by Gasteiger charge is 2.57. The summed E-state index contributed by atoms with van der Waals surface area (Å²) >= 11 is 0. The molecule has 0 atom stereocenters. The van der Waals surface area contributed by atoms with E-state index in [2.05, 4.69) is 10.3 Å². The van der Waals surface area contributed by atoms with Gasteiger partial charge in [0.15, 0.2) is 0 Å². The number of hydrogen-bond acceptors (Lipinski definition) is 5. The van der Waals surface area contributed by atoms with Crippen molar-refractivity contribution in [3.63, 3.8) is 0 Å². The van der Waals surface area contributed by atoms with Crippen LogP contribution in [0.2, 0.25) is 0 Å². The minimum atomic E-state index is -1.43. The SMILES string of the molecule is Nc1cc(Oc2ccc(NC(=O)C3(C(=O)O)CC3)c(F)c2)ccn1. The molecule has 0 radical (unpaired) electrons. The van der Waals surface area contributed by atoms with Crippen LogP contribution in [0.5, 0.6) is 11.5 Å². The number of nitrogens with zero attached hydrogens (tertiary/aromatic N) is 1. The monoisotopic (exact) mass is 331 g/mol. The van der Waals surface area contributed by atoms with E-state index in [1.54, 1.807) is 6.07 Å². The zero-order valence-electron chi connectivity index (χ0n) is 12.5. The molecule has 2 aromatic rings. The molecular formula is C16H14FN3O4. The molecule has 0 bridgehead atoms. The van der Waals surface area contributed by atoms with E-state index in [1.165, 1.54) is 24.4 Å². The molecule has 0 unspecified atom stereocenters. The lowest BCUT2D eigenvalue weighted by Crippen LogP contribution is -2.31. The van der Waals surface area contributed by atoms with Crippen molar-refractivity contribution in [3.8, 4) is 11.5 Å². The predicted molar refractivity (Wildman–Crippen MR) is 83.1 cm³/mol. The van der Waals surface area contributed by atoms with Crippen LogP contribution in [-0.2, 0) is 9.59 Å². The summed E-state index contributed by atoms with van der Waals surface area (Å²) in [5, 5.41) is 11.4. The zero-order chi connectivity index (χ0) is 17.3. The molecule has 1 aromatic carbocycles. The third-order valence-corrected chi connectivity index (χ3v) is 3.77. The molecule has 7 nitrogen and oxygen atoms in total. The number of aromatic nitrogens is 1. The minimum Gasteiger partial charge on any atom is -0.480 e. The van der Waals surface area contributed by atoms with Crippen molar-refractivity contribution in [3.05, 3.63) is 42.3 Å². The Kier molecular flexibility index (Phi) is 3.80. The molecule has 1 fully saturated rings. The molecule has 1 aliphatic carbocycles. The first-order chi connectivity index (χ1) is 11.4. The second kappa shape index (κ2) is 5.80. The molecule has 1 amide bonds. The smallest absolute Gasteiger partial charge is 0.319 e. The Bertz CT molecular complexity index is 821. The number of carbonyl (C=O) groups excluding carboxylic acids is 1. The number of carboxylic acid groups (broad SMARTS) is 1. The summed E-state index contributed by atoms with van der Waals surface area (Å²) in [4.78, 5) is 26.9. The number of aliphatic carboxylic acids is 1. The highest BCUT2D eigenvalue weighted by Crippen LogP contribution is 2.47. The average Bonchev–Trinajstić information content (AvgIpc) is 3.32. The van der Waals surface area contributed by atoms with Crippen LogP contribution in [0.25, 0.3) is 0 Å². The van der Waals surface area contributed by atoms with E-state index in [-0.39, 0.29) is 30.1 Å². The van der Waals surface area contributed by atoms with Gasteiger partial charge in [-0.15, -0.1) is 0 Å². The number of ether oxygens (including phenoxy) is 1. The van der Waals surface area contributed by atoms with E-state index < -0.39 is 23.1 Å². The molecule has 1 saturated carbocycles. The standard InChI is InChI=1S/C16H14FN3O4/c17-11-7-9(24-10-3-6-19-13(18)8-10)1-2-12(11)20-14(21)16(4-5-16)15(22)23/h1-3,6-8H,4-5H2,(H2,18,19)(H,20,21)(H,22,23). The Morgan fingerprint density at radius 1 is 1.25 bits per heavy atom. The fourth-order valence-corrected chi connectivity index (χ4v) is 2.19. The fraction of sp³-hybridized carbons (Fsp3) is 0.188. The van der Waals surface area contributed by atoms with Gasteiger partial charge < -0.3 is 20.9 Å². The van der Waals surface area contributed by atoms with Gasteiger partial charge in [-0.25, -0.2) is 9.37 Å². The number of carbonyl (C=O) groups is 2. The summed E-state index contributed by atoms with van der Waals surface area (Å²) < 4.78 is 19.6. The molecule has 8 heteroatoms. The van der Waals surface area contributed by atoms with Gasteiger partial charge in [-0.3, -0.25) is 9.59 Å². The first-order valence-corrected chi connectivity index (χ1v) is 7.14. The second-order valence-electron chi connectivity index (χ2n) is 5.50. The van der Waals surface area contributed by atoms with Gasteiger partial charge in [-0.2, -0.15) is 0 Å². The Labute approximate surface area is 136 Å². The first kappa shape index (κ1) is 15.7. The van der Waals surface area contributed by atoms with E-state index in [4.69, 9.17) is 15.6 Å². The maximum Gasteiger partial charge on any atom is 0.319 e. The van der Waals surface area contributed by atoms with Crippen LogP contribution in [0.3, 0.4) is 0 Å². The van der Waals surface area contributed by atoms with Gasteiger partial charge in [-0.1, -0.05) is 0 Å². The minimum absolute atomic E-state index is 0.103. The van der Waals surface area contributed by atoms with Crippen molar-refractivity contribution in [2.24, 2.45) is 5.41 Å². The van der Waals surface area contributed by atoms with E-state index >= 15 is 0 Å². The fourth-order valence-electron chi connectivity index (χ4n) is 2.19. The van der Waals surface area contributed by atoms with Crippen LogP contribution in [0.4, 0.5) is 15.9 Å². The van der Waals surface area contributed by atoms with Crippen molar-refractivity contribution in [2.75, 3.05) is 11.1 Å². The number of nitrogens with two attached hydrogens (primary N) is 1. The lowest BCUT2D eigenvalue weighted by atomic mass is 10.1. The van der Waals surface area contributed by atoms with Crippen molar-refractivity contribution in [1.82, 2.24) is 4.98 Å². The third-order valence-electron chi connectivity index (χ3n) is 3.77. The number of rotatable bonds is 5. The van der Waals surface area contributed by atoms with Gasteiger partial charge in [0.05, 0.1) is 5.69 Å². The molecule has 3 rings (SSSR count). The normalized spacial score (nSPS) is 14.7. The molecule has 1 aromatic heterocycles. The average molecular weight is 331 g/mol. The number of nitrogen functional groups attached to an aromatic ring is 1. The topological polar surface area (TPSA) is 115 Å². The molecule has 1 aliphatic rings. The van der Waals surface area contributed by atoms with Gasteiger partial charge in [0, 0.05) is 18.3 Å². The van der Waals surface area contributed by atoms with Gasteiger partial charge in [0.1, 0.15) is 28.5 Å². The molecular weight excluding hydrogens is 317 g/mol. The lowest BCUT2D eigenvalue weighted by Gasteiger charge is -2.12. The Hall–Kier alpha value is -3.16. The van der Waals surface area contributed by atoms with E-state index in [0.29, 0.717) is 5.75 Å². The molecule has 1 heterocycles. The number of amides is 1. The quantitative estimate of drug-likeness (QED) is 0.725. The van der Waals surface area contributed by atoms with Crippen molar-refractivity contribution in [1.29, 1.82) is 0 Å². The van der Waals surface area contributed by atoms with E-state index in [9.17, 15) is 14.0 Å². The summed E-state index contributed by atoms with van der Waals surface area (Å²) in [6.45, 7) is 0. The Balaban J connectivity index is 1.73. The lowest BCUT2D eigenvalue weighted by molar-refractivity contribution is -0.147. The Morgan fingerprint density at radius 3 is 2.54 bits per heavy atom. The van der Waals surface area contributed by atoms with Crippen LogP contribution in [0.1, 0.15) is 12.8 Å². The number of halogens is 1.